The summed E-state index contributed by atoms with van der Waals surface area (Å²) >= 11 is 6.26. The Morgan fingerprint density at radius 2 is 1.71 bits per heavy atom. The van der Waals surface area contributed by atoms with Crippen molar-refractivity contribution in [3.05, 3.63) is 77.2 Å². The Kier molecular flexibility index (Phi) is 5.30. The number of rotatable bonds is 6. The summed E-state index contributed by atoms with van der Waals surface area (Å²) in [5.41, 5.74) is 0.705. The van der Waals surface area contributed by atoms with Gasteiger partial charge in [-0.3, -0.25) is 0 Å². The van der Waals surface area contributed by atoms with Crippen LogP contribution in [0.25, 0.3) is 0 Å². The van der Waals surface area contributed by atoms with E-state index in [1.54, 1.807) is 36.4 Å². The molecule has 28 heavy (non-hydrogen) atoms. The van der Waals surface area contributed by atoms with E-state index in [0.29, 0.717) is 41.1 Å². The molecule has 0 saturated carbocycles. The van der Waals surface area contributed by atoms with Crippen molar-refractivity contribution in [1.82, 2.24) is 4.31 Å². The quantitative estimate of drug-likeness (QED) is 0.601. The van der Waals surface area contributed by atoms with Crippen molar-refractivity contribution in [3.8, 4) is 11.5 Å². The molecular weight excluding hydrogens is 402 g/mol. The van der Waals surface area contributed by atoms with Crippen LogP contribution in [0, 0.1) is 0 Å². The Balaban J connectivity index is 1.70. The van der Waals surface area contributed by atoms with Gasteiger partial charge in [-0.2, -0.15) is 4.31 Å². The molecule has 0 spiro atoms. The second-order valence-corrected chi connectivity index (χ2v) is 8.59. The molecule has 4 rings (SSSR count). The predicted molar refractivity (Wildman–Crippen MR) is 104 cm³/mol. The fraction of sp³-hybridized carbons (Fsp3) is 0.200. The topological polar surface area (TPSA) is 69.0 Å². The second-order valence-electron chi connectivity index (χ2n) is 6.25. The fourth-order valence-electron chi connectivity index (χ4n) is 2.95. The van der Waals surface area contributed by atoms with Gasteiger partial charge in [-0.1, -0.05) is 29.8 Å². The Hall–Kier alpha value is -2.48. The largest absolute Gasteiger partial charge is 0.486 e. The molecule has 2 heterocycles. The molecule has 8 heteroatoms. The summed E-state index contributed by atoms with van der Waals surface area (Å²) < 4.78 is 44.5. The van der Waals surface area contributed by atoms with Crippen LogP contribution in [0.2, 0.25) is 5.02 Å². The first kappa shape index (κ1) is 18.9. The Labute approximate surface area is 168 Å². The predicted octanol–water partition coefficient (Wildman–Crippen LogP) is 4.10. The van der Waals surface area contributed by atoms with Gasteiger partial charge in [0.1, 0.15) is 19.0 Å². The zero-order chi connectivity index (χ0) is 19.6. The van der Waals surface area contributed by atoms with Crippen LogP contribution in [0.1, 0.15) is 11.3 Å². The fourth-order valence-corrected chi connectivity index (χ4v) is 4.55. The third-order valence-corrected chi connectivity index (χ3v) is 6.52. The minimum atomic E-state index is -3.85. The highest BCUT2D eigenvalue weighted by molar-refractivity contribution is 7.89. The summed E-state index contributed by atoms with van der Waals surface area (Å²) in [7, 11) is -3.85. The lowest BCUT2D eigenvalue weighted by Crippen LogP contribution is -2.30. The lowest BCUT2D eigenvalue weighted by molar-refractivity contribution is 0.171. The first-order chi connectivity index (χ1) is 13.5. The molecule has 0 bridgehead atoms. The summed E-state index contributed by atoms with van der Waals surface area (Å²) in [5, 5.41) is 0.504. The maximum atomic E-state index is 13.4. The average molecular weight is 420 g/mol. The number of ether oxygens (including phenoxy) is 2. The molecule has 0 unspecified atom stereocenters. The Bertz CT molecular complexity index is 1070. The molecule has 146 valence electrons. The van der Waals surface area contributed by atoms with Crippen molar-refractivity contribution in [1.29, 1.82) is 0 Å². The van der Waals surface area contributed by atoms with E-state index in [9.17, 15) is 8.42 Å². The van der Waals surface area contributed by atoms with Gasteiger partial charge in [0.05, 0.1) is 17.7 Å². The zero-order valence-electron chi connectivity index (χ0n) is 14.9. The highest BCUT2D eigenvalue weighted by atomic mass is 35.5. The van der Waals surface area contributed by atoms with Gasteiger partial charge >= 0.3 is 0 Å². The second kappa shape index (κ2) is 7.87. The van der Waals surface area contributed by atoms with Gasteiger partial charge in [-0.05, 0) is 35.9 Å². The average Bonchev–Trinajstić information content (AvgIpc) is 3.22. The molecular formula is C20H18ClNO5S. The maximum Gasteiger partial charge on any atom is 0.243 e. The SMILES string of the molecule is O=S(=O)(c1ccc2c(c1)OCCO2)N(Cc1ccco1)Cc1ccccc1Cl. The van der Waals surface area contributed by atoms with Crippen LogP contribution < -0.4 is 9.47 Å². The normalized spacial score (nSPS) is 13.6. The molecule has 0 atom stereocenters. The van der Waals surface area contributed by atoms with Gasteiger partial charge in [0.15, 0.2) is 11.5 Å². The van der Waals surface area contributed by atoms with Gasteiger partial charge in [0.2, 0.25) is 10.0 Å². The summed E-state index contributed by atoms with van der Waals surface area (Å²) in [4.78, 5) is 0.121. The molecule has 1 aliphatic rings. The summed E-state index contributed by atoms with van der Waals surface area (Å²) in [5.74, 6) is 1.49. The smallest absolute Gasteiger partial charge is 0.243 e. The van der Waals surface area contributed by atoms with E-state index in [1.165, 1.54) is 22.7 Å². The molecule has 3 aromatic rings. The third-order valence-electron chi connectivity index (χ3n) is 4.37. The molecule has 0 N–H and O–H groups in total. The number of furan rings is 1. The maximum absolute atomic E-state index is 13.4. The molecule has 0 aliphatic carbocycles. The highest BCUT2D eigenvalue weighted by Gasteiger charge is 2.28. The zero-order valence-corrected chi connectivity index (χ0v) is 16.4. The van der Waals surface area contributed by atoms with Crippen LogP contribution in [0.5, 0.6) is 11.5 Å². The van der Waals surface area contributed by atoms with E-state index >= 15 is 0 Å². The first-order valence-electron chi connectivity index (χ1n) is 8.69. The minimum Gasteiger partial charge on any atom is -0.486 e. The summed E-state index contributed by atoms with van der Waals surface area (Å²) in [6.07, 6.45) is 1.51. The first-order valence-corrected chi connectivity index (χ1v) is 10.5. The van der Waals surface area contributed by atoms with Crippen molar-refractivity contribution in [2.75, 3.05) is 13.2 Å². The van der Waals surface area contributed by atoms with Crippen LogP contribution in [0.15, 0.2) is 70.2 Å². The number of benzene rings is 2. The van der Waals surface area contributed by atoms with Crippen molar-refractivity contribution < 1.29 is 22.3 Å². The minimum absolute atomic E-state index is 0.0784. The van der Waals surface area contributed by atoms with Crippen molar-refractivity contribution in [2.45, 2.75) is 18.0 Å². The Morgan fingerprint density at radius 3 is 2.46 bits per heavy atom. The van der Waals surface area contributed by atoms with Crippen molar-refractivity contribution in [3.63, 3.8) is 0 Å². The number of hydrogen-bond acceptors (Lipinski definition) is 5. The lowest BCUT2D eigenvalue weighted by Gasteiger charge is -2.23. The van der Waals surface area contributed by atoms with Crippen molar-refractivity contribution in [2.24, 2.45) is 0 Å². The molecule has 6 nitrogen and oxygen atoms in total. The molecule has 0 amide bonds. The number of nitrogens with zero attached hydrogens (tertiary/aromatic N) is 1. The van der Waals surface area contributed by atoms with Crippen LogP contribution in [-0.4, -0.2) is 25.9 Å². The van der Waals surface area contributed by atoms with Gasteiger partial charge in [0, 0.05) is 17.6 Å². The number of fused-ring (bicyclic) bond motifs is 1. The monoisotopic (exact) mass is 419 g/mol. The lowest BCUT2D eigenvalue weighted by atomic mass is 10.2. The van der Waals surface area contributed by atoms with Crippen LogP contribution >= 0.6 is 11.6 Å². The standard InChI is InChI=1S/C20H18ClNO5S/c21-18-6-2-1-4-15(18)13-22(14-16-5-3-9-25-16)28(23,24)17-7-8-19-20(12-17)27-11-10-26-19/h1-9,12H,10-11,13-14H2. The third kappa shape index (κ3) is 3.87. The van der Waals surface area contributed by atoms with E-state index in [4.69, 9.17) is 25.5 Å². The van der Waals surface area contributed by atoms with Crippen molar-refractivity contribution >= 4 is 21.6 Å². The number of halogens is 1. The van der Waals surface area contributed by atoms with E-state index in [2.05, 4.69) is 0 Å². The van der Waals surface area contributed by atoms with Crippen LogP contribution in [0.4, 0.5) is 0 Å². The van der Waals surface area contributed by atoms with Gasteiger partial charge in [-0.25, -0.2) is 8.42 Å². The molecule has 1 aliphatic heterocycles. The van der Waals surface area contributed by atoms with Gasteiger partial charge in [0.25, 0.3) is 0 Å². The molecule has 0 fully saturated rings. The Morgan fingerprint density at radius 1 is 0.929 bits per heavy atom. The summed E-state index contributed by atoms with van der Waals surface area (Å²) in [6.45, 7) is 1.01. The van der Waals surface area contributed by atoms with Crippen LogP contribution in [-0.2, 0) is 23.1 Å². The van der Waals surface area contributed by atoms with E-state index in [1.807, 2.05) is 6.07 Å². The number of hydrogen-bond donors (Lipinski definition) is 0. The molecule has 0 saturated heterocycles. The van der Waals surface area contributed by atoms with Gasteiger partial charge < -0.3 is 13.9 Å². The van der Waals surface area contributed by atoms with E-state index < -0.39 is 10.0 Å². The van der Waals surface area contributed by atoms with Crippen LogP contribution in [0.3, 0.4) is 0 Å². The highest BCUT2D eigenvalue weighted by Crippen LogP contribution is 2.34. The molecule has 2 aromatic carbocycles. The molecule has 1 aromatic heterocycles. The van der Waals surface area contributed by atoms with E-state index in [0.717, 1.165) is 0 Å². The van der Waals surface area contributed by atoms with E-state index in [-0.39, 0.29) is 18.0 Å². The molecule has 0 radical (unpaired) electrons. The number of sulfonamides is 1. The summed E-state index contributed by atoms with van der Waals surface area (Å²) in [6, 6.07) is 15.2. The van der Waals surface area contributed by atoms with Gasteiger partial charge in [-0.15, -0.1) is 0 Å².